The quantitative estimate of drug-likeness (QED) is 0.842. The summed E-state index contributed by atoms with van der Waals surface area (Å²) in [5, 5.41) is 8.75. The molecule has 0 aliphatic heterocycles. The number of benzene rings is 1. The molecule has 1 aliphatic rings. The Kier molecular flexibility index (Phi) is 4.66. The van der Waals surface area contributed by atoms with Crippen molar-refractivity contribution in [3.8, 4) is 0 Å². The van der Waals surface area contributed by atoms with Gasteiger partial charge in [0, 0.05) is 28.7 Å². The lowest BCUT2D eigenvalue weighted by Gasteiger charge is -2.27. The lowest BCUT2D eigenvalue weighted by molar-refractivity contribution is -0.117. The fraction of sp³-hybridized carbons (Fsp3) is 0.389. The highest BCUT2D eigenvalue weighted by Crippen LogP contribution is 2.30. The first-order valence-corrected chi connectivity index (χ1v) is 9.03. The molecule has 0 unspecified atom stereocenters. The molecule has 0 saturated heterocycles. The van der Waals surface area contributed by atoms with Crippen molar-refractivity contribution >= 4 is 28.8 Å². The zero-order chi connectivity index (χ0) is 17.2. The number of nitrogens with zero attached hydrogens (tertiary/aromatic N) is 1. The maximum Gasteiger partial charge on any atom is 0.252 e. The second-order valence-corrected chi connectivity index (χ2v) is 7.21. The van der Waals surface area contributed by atoms with Crippen LogP contribution < -0.4 is 10.6 Å². The Bertz CT molecular complexity index is 723. The summed E-state index contributed by atoms with van der Waals surface area (Å²) < 4.78 is 0. The van der Waals surface area contributed by atoms with Crippen LogP contribution in [0.15, 0.2) is 35.8 Å². The Balaban J connectivity index is 1.67. The van der Waals surface area contributed by atoms with Crippen molar-refractivity contribution in [1.29, 1.82) is 0 Å². The summed E-state index contributed by atoms with van der Waals surface area (Å²) in [7, 11) is 0. The molecule has 1 aromatic heterocycles. The van der Waals surface area contributed by atoms with Gasteiger partial charge in [-0.25, -0.2) is 4.98 Å². The van der Waals surface area contributed by atoms with E-state index in [1.54, 1.807) is 30.5 Å². The third kappa shape index (κ3) is 3.64. The van der Waals surface area contributed by atoms with Gasteiger partial charge < -0.3 is 10.6 Å². The molecule has 0 spiro atoms. The topological polar surface area (TPSA) is 71.1 Å². The van der Waals surface area contributed by atoms with Crippen LogP contribution in [0.1, 0.15) is 48.5 Å². The number of nitrogens with one attached hydrogen (secondary N) is 2. The van der Waals surface area contributed by atoms with Crippen molar-refractivity contribution < 1.29 is 9.59 Å². The molecule has 2 amide bonds. The minimum absolute atomic E-state index is 0.0644. The number of amides is 2. The van der Waals surface area contributed by atoms with E-state index in [2.05, 4.69) is 15.6 Å². The fourth-order valence-electron chi connectivity index (χ4n) is 2.41. The predicted molar refractivity (Wildman–Crippen MR) is 95.0 cm³/mol. The summed E-state index contributed by atoms with van der Waals surface area (Å²) in [5.74, 6) is 0.0840. The van der Waals surface area contributed by atoms with Gasteiger partial charge in [-0.05, 0) is 50.5 Å². The number of thiazole rings is 1. The molecule has 0 radical (unpaired) electrons. The SMILES string of the molecule is CC[C@](C)(NC(=O)c1ccc(NC(=O)C2CC2)cc1)c1nccs1. The first-order valence-electron chi connectivity index (χ1n) is 8.15. The average Bonchev–Trinajstić information content (AvgIpc) is 3.29. The van der Waals surface area contributed by atoms with Crippen molar-refractivity contribution in [1.82, 2.24) is 10.3 Å². The number of rotatable bonds is 6. The monoisotopic (exact) mass is 343 g/mol. The van der Waals surface area contributed by atoms with E-state index in [0.29, 0.717) is 5.56 Å². The molecule has 126 valence electrons. The molecule has 1 aromatic carbocycles. The smallest absolute Gasteiger partial charge is 0.252 e. The fourth-order valence-corrected chi connectivity index (χ4v) is 3.23. The molecule has 24 heavy (non-hydrogen) atoms. The first-order chi connectivity index (χ1) is 11.5. The van der Waals surface area contributed by atoms with Crippen molar-refractivity contribution in [2.75, 3.05) is 5.32 Å². The van der Waals surface area contributed by atoms with Crippen molar-refractivity contribution in [2.45, 2.75) is 38.6 Å². The number of carbonyl (C=O) groups excluding carboxylic acids is 2. The maximum absolute atomic E-state index is 12.5. The van der Waals surface area contributed by atoms with E-state index < -0.39 is 5.54 Å². The highest BCUT2D eigenvalue weighted by Gasteiger charge is 2.30. The predicted octanol–water partition coefficient (Wildman–Crippen LogP) is 3.55. The first kappa shape index (κ1) is 16.6. The van der Waals surface area contributed by atoms with Gasteiger partial charge in [0.25, 0.3) is 5.91 Å². The molecule has 5 nitrogen and oxygen atoms in total. The molecule has 3 rings (SSSR count). The van der Waals surface area contributed by atoms with E-state index in [-0.39, 0.29) is 17.7 Å². The molecule has 1 aliphatic carbocycles. The third-order valence-corrected chi connectivity index (χ3v) is 5.40. The summed E-state index contributed by atoms with van der Waals surface area (Å²) in [6.45, 7) is 4.01. The largest absolute Gasteiger partial charge is 0.340 e. The van der Waals surface area contributed by atoms with Crippen LogP contribution in [0.4, 0.5) is 5.69 Å². The van der Waals surface area contributed by atoms with E-state index in [0.717, 1.165) is 30.0 Å². The van der Waals surface area contributed by atoms with Gasteiger partial charge in [0.1, 0.15) is 5.01 Å². The number of carbonyl (C=O) groups is 2. The van der Waals surface area contributed by atoms with Crippen molar-refractivity contribution in [3.63, 3.8) is 0 Å². The Morgan fingerprint density at radius 3 is 2.54 bits per heavy atom. The lowest BCUT2D eigenvalue weighted by atomic mass is 9.99. The van der Waals surface area contributed by atoms with Crippen LogP contribution in [0, 0.1) is 5.92 Å². The van der Waals surface area contributed by atoms with Gasteiger partial charge in [-0.15, -0.1) is 11.3 Å². The van der Waals surface area contributed by atoms with E-state index >= 15 is 0 Å². The van der Waals surface area contributed by atoms with Crippen LogP contribution in [0.25, 0.3) is 0 Å². The van der Waals surface area contributed by atoms with E-state index in [9.17, 15) is 9.59 Å². The average molecular weight is 343 g/mol. The normalized spacial score (nSPS) is 16.2. The summed E-state index contributed by atoms with van der Waals surface area (Å²) in [4.78, 5) is 28.6. The zero-order valence-corrected chi connectivity index (χ0v) is 14.7. The highest BCUT2D eigenvalue weighted by atomic mass is 32.1. The molecule has 1 heterocycles. The van der Waals surface area contributed by atoms with E-state index in [1.165, 1.54) is 11.3 Å². The summed E-state index contributed by atoms with van der Waals surface area (Å²) in [6, 6.07) is 7.00. The molecular weight excluding hydrogens is 322 g/mol. The minimum Gasteiger partial charge on any atom is -0.340 e. The number of hydrogen-bond acceptors (Lipinski definition) is 4. The van der Waals surface area contributed by atoms with Crippen molar-refractivity contribution in [3.05, 3.63) is 46.4 Å². The molecule has 1 atom stereocenters. The molecule has 2 aromatic rings. The summed E-state index contributed by atoms with van der Waals surface area (Å²) in [5.41, 5.74) is 0.807. The van der Waals surface area contributed by atoms with Crippen LogP contribution in [-0.4, -0.2) is 16.8 Å². The summed E-state index contributed by atoms with van der Waals surface area (Å²) in [6.07, 6.45) is 4.44. The van der Waals surface area contributed by atoms with Gasteiger partial charge >= 0.3 is 0 Å². The molecule has 1 fully saturated rings. The molecule has 6 heteroatoms. The van der Waals surface area contributed by atoms with Gasteiger partial charge in [0.2, 0.25) is 5.91 Å². The van der Waals surface area contributed by atoms with Gasteiger partial charge in [-0.1, -0.05) is 6.92 Å². The Labute approximate surface area is 145 Å². The van der Waals surface area contributed by atoms with Gasteiger partial charge in [-0.2, -0.15) is 0 Å². The number of hydrogen-bond donors (Lipinski definition) is 2. The van der Waals surface area contributed by atoms with Gasteiger partial charge in [0.15, 0.2) is 0 Å². The third-order valence-electron chi connectivity index (χ3n) is 4.36. The standard InChI is InChI=1S/C18H21N3O2S/c1-3-18(2,17-19-10-11-24-17)21-16(23)13-6-8-14(9-7-13)20-15(22)12-4-5-12/h6-12H,3-5H2,1-2H3,(H,20,22)(H,21,23)/t18-/m0/s1. The maximum atomic E-state index is 12.5. The molecule has 1 saturated carbocycles. The lowest BCUT2D eigenvalue weighted by Crippen LogP contribution is -2.43. The summed E-state index contributed by atoms with van der Waals surface area (Å²) >= 11 is 1.54. The van der Waals surface area contributed by atoms with Gasteiger partial charge in [0.05, 0.1) is 5.54 Å². The Morgan fingerprint density at radius 2 is 2.00 bits per heavy atom. The molecule has 2 N–H and O–H groups in total. The Hall–Kier alpha value is -2.21. The minimum atomic E-state index is -0.482. The van der Waals surface area contributed by atoms with Crippen LogP contribution in [0.3, 0.4) is 0 Å². The molecule has 0 bridgehead atoms. The van der Waals surface area contributed by atoms with E-state index in [4.69, 9.17) is 0 Å². The number of aromatic nitrogens is 1. The van der Waals surface area contributed by atoms with Crippen molar-refractivity contribution in [2.24, 2.45) is 5.92 Å². The Morgan fingerprint density at radius 1 is 1.29 bits per heavy atom. The second-order valence-electron chi connectivity index (χ2n) is 6.32. The van der Waals surface area contributed by atoms with Crippen LogP contribution in [-0.2, 0) is 10.3 Å². The van der Waals surface area contributed by atoms with Gasteiger partial charge in [-0.3, -0.25) is 9.59 Å². The highest BCUT2D eigenvalue weighted by molar-refractivity contribution is 7.09. The van der Waals surface area contributed by atoms with Crippen LogP contribution >= 0.6 is 11.3 Å². The molecular formula is C18H21N3O2S. The van der Waals surface area contributed by atoms with Crippen LogP contribution in [0.2, 0.25) is 0 Å². The number of anilines is 1. The second kappa shape index (κ2) is 6.73. The van der Waals surface area contributed by atoms with E-state index in [1.807, 2.05) is 19.2 Å². The zero-order valence-electron chi connectivity index (χ0n) is 13.8. The van der Waals surface area contributed by atoms with Crippen LogP contribution in [0.5, 0.6) is 0 Å².